The van der Waals surface area contributed by atoms with Gasteiger partial charge in [-0.2, -0.15) is 0 Å². The lowest BCUT2D eigenvalue weighted by atomic mass is 9.69. The average molecular weight is 374 g/mol. The molecule has 1 saturated heterocycles. The molecule has 0 saturated carbocycles. The number of benzene rings is 1. The fraction of sp³-hybridized carbons (Fsp3) is 0.524. The van der Waals surface area contributed by atoms with Crippen LogP contribution in [-0.2, 0) is 19.7 Å². The molecule has 1 unspecified atom stereocenters. The maximum atomic E-state index is 12.6. The van der Waals surface area contributed by atoms with E-state index in [4.69, 9.17) is 4.74 Å². The molecule has 0 spiro atoms. The van der Waals surface area contributed by atoms with E-state index in [-0.39, 0.29) is 17.2 Å². The van der Waals surface area contributed by atoms with E-state index in [0.29, 0.717) is 19.4 Å². The molecule has 3 rings (SSSR count). The third-order valence-electron chi connectivity index (χ3n) is 5.36. The molecule has 2 aliphatic rings. The van der Waals surface area contributed by atoms with Crippen molar-refractivity contribution >= 4 is 23.7 Å². The summed E-state index contributed by atoms with van der Waals surface area (Å²) in [5, 5.41) is 0. The van der Waals surface area contributed by atoms with Crippen LogP contribution in [0, 0.1) is 5.41 Å². The summed E-state index contributed by atoms with van der Waals surface area (Å²) in [6.07, 6.45) is 3.37. The van der Waals surface area contributed by atoms with Gasteiger partial charge in [0, 0.05) is 24.4 Å². The number of esters is 1. The van der Waals surface area contributed by atoms with Gasteiger partial charge in [0.1, 0.15) is 5.41 Å². The summed E-state index contributed by atoms with van der Waals surface area (Å²) in [4.78, 5) is 25.5. The molecule has 0 amide bonds. The Kier molecular flexibility index (Phi) is 5.31. The number of ether oxygens (including phenoxy) is 1. The van der Waals surface area contributed by atoms with Crippen molar-refractivity contribution in [3.05, 3.63) is 41.5 Å². The predicted molar refractivity (Wildman–Crippen MR) is 104 cm³/mol. The highest BCUT2D eigenvalue weighted by molar-refractivity contribution is 7.97. The molecule has 1 fully saturated rings. The van der Waals surface area contributed by atoms with E-state index in [1.54, 1.807) is 18.0 Å². The minimum Gasteiger partial charge on any atom is -0.468 e. The number of carbonyl (C=O) groups excluding carboxylic acids is 2. The molecule has 1 aromatic rings. The van der Waals surface area contributed by atoms with E-state index in [9.17, 15) is 9.59 Å². The molecule has 1 aromatic carbocycles. The summed E-state index contributed by atoms with van der Waals surface area (Å²) < 4.78 is 7.34. The highest BCUT2D eigenvalue weighted by Crippen LogP contribution is 2.45. The van der Waals surface area contributed by atoms with Crippen LogP contribution in [0.4, 0.5) is 0 Å². The Hall–Kier alpha value is -1.59. The largest absolute Gasteiger partial charge is 0.468 e. The maximum Gasteiger partial charge on any atom is 0.317 e. The predicted octanol–water partition coefficient (Wildman–Crippen LogP) is 4.15. The highest BCUT2D eigenvalue weighted by Gasteiger charge is 2.49. The standard InChI is InChI=1S/C21H27NO3S/c1-20(2,3)15-5-7-18(8-6-15)26-22-12-10-16-13-17(23)9-11-21(16,14-22)19(24)25-4/h5-8,13H,9-12,14H2,1-4H3. The van der Waals surface area contributed by atoms with Crippen molar-refractivity contribution in [2.45, 2.75) is 50.3 Å². The number of allylic oxidation sites excluding steroid dienone is 1. The molecule has 4 nitrogen and oxygen atoms in total. The molecule has 1 atom stereocenters. The monoisotopic (exact) mass is 373 g/mol. The second kappa shape index (κ2) is 7.20. The Bertz CT molecular complexity index is 733. The van der Waals surface area contributed by atoms with Crippen LogP contribution in [0.15, 0.2) is 40.8 Å². The maximum absolute atomic E-state index is 12.6. The van der Waals surface area contributed by atoms with Crippen LogP contribution in [0.2, 0.25) is 0 Å². The fourth-order valence-electron chi connectivity index (χ4n) is 3.75. The first-order valence-corrected chi connectivity index (χ1v) is 9.88. The quantitative estimate of drug-likeness (QED) is 0.588. The molecule has 0 radical (unpaired) electrons. The molecular formula is C21H27NO3S. The number of methoxy groups -OCH3 is 1. The van der Waals surface area contributed by atoms with Crippen molar-refractivity contribution in [3.63, 3.8) is 0 Å². The van der Waals surface area contributed by atoms with Crippen LogP contribution in [-0.4, -0.2) is 36.3 Å². The topological polar surface area (TPSA) is 46.6 Å². The summed E-state index contributed by atoms with van der Waals surface area (Å²) in [6, 6.07) is 8.64. The van der Waals surface area contributed by atoms with Gasteiger partial charge in [0.15, 0.2) is 5.78 Å². The van der Waals surface area contributed by atoms with E-state index in [1.165, 1.54) is 12.7 Å². The second-order valence-corrected chi connectivity index (χ2v) is 9.36. The van der Waals surface area contributed by atoms with Crippen LogP contribution in [0.3, 0.4) is 0 Å². The Morgan fingerprint density at radius 2 is 1.88 bits per heavy atom. The van der Waals surface area contributed by atoms with E-state index in [0.717, 1.165) is 23.4 Å². The summed E-state index contributed by atoms with van der Waals surface area (Å²) >= 11 is 1.68. The van der Waals surface area contributed by atoms with Crippen LogP contribution in [0.5, 0.6) is 0 Å². The molecule has 5 heteroatoms. The van der Waals surface area contributed by atoms with Gasteiger partial charge in [-0.15, -0.1) is 0 Å². The molecular weight excluding hydrogens is 346 g/mol. The SMILES string of the molecule is COC(=O)C12CCC(=O)C=C1CCN(Sc1ccc(C(C)(C)C)cc1)C2. The van der Waals surface area contributed by atoms with E-state index in [2.05, 4.69) is 49.3 Å². The van der Waals surface area contributed by atoms with Gasteiger partial charge in [-0.25, -0.2) is 4.31 Å². The van der Waals surface area contributed by atoms with Gasteiger partial charge in [-0.1, -0.05) is 32.9 Å². The zero-order chi connectivity index (χ0) is 18.9. The van der Waals surface area contributed by atoms with Gasteiger partial charge < -0.3 is 4.74 Å². The van der Waals surface area contributed by atoms with Crippen LogP contribution in [0.25, 0.3) is 0 Å². The summed E-state index contributed by atoms with van der Waals surface area (Å²) in [7, 11) is 1.43. The van der Waals surface area contributed by atoms with Crippen LogP contribution >= 0.6 is 11.9 Å². The number of hydrogen-bond acceptors (Lipinski definition) is 5. The van der Waals surface area contributed by atoms with E-state index in [1.807, 2.05) is 0 Å². The van der Waals surface area contributed by atoms with Crippen molar-refractivity contribution in [1.29, 1.82) is 0 Å². The van der Waals surface area contributed by atoms with Crippen molar-refractivity contribution in [2.24, 2.45) is 5.41 Å². The van der Waals surface area contributed by atoms with Gasteiger partial charge in [0.2, 0.25) is 0 Å². The molecule has 0 aromatic heterocycles. The van der Waals surface area contributed by atoms with Crippen molar-refractivity contribution in [3.8, 4) is 0 Å². The Balaban J connectivity index is 1.78. The first-order chi connectivity index (χ1) is 12.2. The first-order valence-electron chi connectivity index (χ1n) is 9.10. The van der Waals surface area contributed by atoms with Gasteiger partial charge in [0.05, 0.1) is 7.11 Å². The minimum atomic E-state index is -0.667. The lowest BCUT2D eigenvalue weighted by molar-refractivity contribution is -0.152. The summed E-state index contributed by atoms with van der Waals surface area (Å²) in [5.74, 6) is -0.0944. The molecule has 26 heavy (non-hydrogen) atoms. The third kappa shape index (κ3) is 3.74. The molecule has 1 aliphatic carbocycles. The van der Waals surface area contributed by atoms with Gasteiger partial charge in [-0.3, -0.25) is 9.59 Å². The Labute approximate surface area is 160 Å². The van der Waals surface area contributed by atoms with Crippen molar-refractivity contribution < 1.29 is 14.3 Å². The molecule has 140 valence electrons. The second-order valence-electron chi connectivity index (χ2n) is 8.19. The van der Waals surface area contributed by atoms with Gasteiger partial charge >= 0.3 is 5.97 Å². The lowest BCUT2D eigenvalue weighted by Crippen LogP contribution is -2.49. The fourth-order valence-corrected chi connectivity index (χ4v) is 4.78. The zero-order valence-corrected chi connectivity index (χ0v) is 16.8. The molecule has 0 N–H and O–H groups in total. The smallest absolute Gasteiger partial charge is 0.317 e. The van der Waals surface area contributed by atoms with Crippen LogP contribution < -0.4 is 0 Å². The van der Waals surface area contributed by atoms with E-state index < -0.39 is 5.41 Å². The van der Waals surface area contributed by atoms with Crippen molar-refractivity contribution in [2.75, 3.05) is 20.2 Å². The normalized spacial score (nSPS) is 24.0. The number of hydrogen-bond donors (Lipinski definition) is 0. The van der Waals surface area contributed by atoms with Crippen LogP contribution in [0.1, 0.15) is 45.6 Å². The summed E-state index contributed by atoms with van der Waals surface area (Å²) in [6.45, 7) is 8.03. The Morgan fingerprint density at radius 3 is 2.50 bits per heavy atom. The first kappa shape index (κ1) is 19.2. The number of rotatable bonds is 3. The molecule has 1 heterocycles. The lowest BCUT2D eigenvalue weighted by Gasteiger charge is -2.43. The zero-order valence-electron chi connectivity index (χ0n) is 16.0. The molecule has 0 bridgehead atoms. The number of piperidine rings is 1. The number of carbonyl (C=O) groups is 2. The van der Waals surface area contributed by atoms with Crippen molar-refractivity contribution in [1.82, 2.24) is 4.31 Å². The number of nitrogens with zero attached hydrogens (tertiary/aromatic N) is 1. The molecule has 1 aliphatic heterocycles. The van der Waals surface area contributed by atoms with Gasteiger partial charge in [0.25, 0.3) is 0 Å². The Morgan fingerprint density at radius 1 is 1.19 bits per heavy atom. The summed E-state index contributed by atoms with van der Waals surface area (Å²) in [5.41, 5.74) is 1.72. The number of fused-ring (bicyclic) bond motifs is 1. The number of ketones is 1. The third-order valence-corrected chi connectivity index (χ3v) is 6.41. The van der Waals surface area contributed by atoms with E-state index >= 15 is 0 Å². The van der Waals surface area contributed by atoms with Gasteiger partial charge in [-0.05, 0) is 59.5 Å². The minimum absolute atomic E-state index is 0.124. The average Bonchev–Trinajstić information content (AvgIpc) is 2.61. The highest BCUT2D eigenvalue weighted by atomic mass is 32.2.